The lowest BCUT2D eigenvalue weighted by Crippen LogP contribution is -2.43. The molecule has 0 amide bonds. The van der Waals surface area contributed by atoms with Crippen molar-refractivity contribution in [2.75, 3.05) is 40.0 Å². The molecular weight excluding hydrogens is 284 g/mol. The second kappa shape index (κ2) is 8.34. The quantitative estimate of drug-likeness (QED) is 0.621. The van der Waals surface area contributed by atoms with Crippen LogP contribution in [0.5, 0.6) is 0 Å². The molecule has 2 N–H and O–H groups in total. The SMILES string of the molecule is CN=C(NCC1CCCS1)NCC(c1ccco1)N(C)C. The molecule has 21 heavy (non-hydrogen) atoms. The molecule has 2 atom stereocenters. The first kappa shape index (κ1) is 16.2. The Hall–Kier alpha value is -1.14. The van der Waals surface area contributed by atoms with E-state index in [1.54, 1.807) is 6.26 Å². The van der Waals surface area contributed by atoms with Crippen molar-refractivity contribution in [3.05, 3.63) is 24.2 Å². The van der Waals surface area contributed by atoms with Crippen LogP contribution in [0.3, 0.4) is 0 Å². The van der Waals surface area contributed by atoms with Gasteiger partial charge in [0.15, 0.2) is 5.96 Å². The Labute approximate surface area is 131 Å². The summed E-state index contributed by atoms with van der Waals surface area (Å²) in [5.74, 6) is 3.12. The molecule has 2 unspecified atom stereocenters. The molecule has 2 rings (SSSR count). The van der Waals surface area contributed by atoms with Crippen molar-refractivity contribution in [2.24, 2.45) is 4.99 Å². The largest absolute Gasteiger partial charge is 0.468 e. The minimum Gasteiger partial charge on any atom is -0.468 e. The van der Waals surface area contributed by atoms with Crippen LogP contribution in [-0.2, 0) is 0 Å². The molecule has 0 spiro atoms. The molecule has 1 aromatic heterocycles. The Morgan fingerprint density at radius 1 is 1.52 bits per heavy atom. The Balaban J connectivity index is 1.80. The minimum absolute atomic E-state index is 0.194. The maximum Gasteiger partial charge on any atom is 0.191 e. The number of hydrogen-bond acceptors (Lipinski definition) is 4. The van der Waals surface area contributed by atoms with Crippen molar-refractivity contribution in [2.45, 2.75) is 24.1 Å². The van der Waals surface area contributed by atoms with E-state index in [1.807, 2.05) is 19.2 Å². The lowest BCUT2D eigenvalue weighted by molar-refractivity contribution is 0.258. The number of hydrogen-bond donors (Lipinski definition) is 2. The van der Waals surface area contributed by atoms with Crippen LogP contribution in [0.25, 0.3) is 0 Å². The summed E-state index contributed by atoms with van der Waals surface area (Å²) in [4.78, 5) is 6.44. The van der Waals surface area contributed by atoms with E-state index in [1.165, 1.54) is 18.6 Å². The second-order valence-electron chi connectivity index (χ2n) is 5.46. The monoisotopic (exact) mass is 310 g/mol. The number of nitrogens with zero attached hydrogens (tertiary/aromatic N) is 2. The van der Waals surface area contributed by atoms with E-state index in [4.69, 9.17) is 4.42 Å². The fourth-order valence-electron chi connectivity index (χ4n) is 2.45. The van der Waals surface area contributed by atoms with Gasteiger partial charge in [0, 0.05) is 25.4 Å². The minimum atomic E-state index is 0.194. The normalized spacial score (nSPS) is 20.8. The zero-order valence-electron chi connectivity index (χ0n) is 13.1. The number of guanidine groups is 1. The number of aliphatic imine (C=N–C) groups is 1. The van der Waals surface area contributed by atoms with Gasteiger partial charge in [-0.05, 0) is 44.8 Å². The molecular formula is C15H26N4OS. The summed E-state index contributed by atoms with van der Waals surface area (Å²) in [5.41, 5.74) is 0. The van der Waals surface area contributed by atoms with Gasteiger partial charge in [-0.2, -0.15) is 11.8 Å². The van der Waals surface area contributed by atoms with Crippen molar-refractivity contribution in [1.29, 1.82) is 0 Å². The van der Waals surface area contributed by atoms with Crippen molar-refractivity contribution < 1.29 is 4.42 Å². The predicted octanol–water partition coefficient (Wildman–Crippen LogP) is 1.94. The van der Waals surface area contributed by atoms with Gasteiger partial charge < -0.3 is 15.1 Å². The van der Waals surface area contributed by atoms with E-state index in [0.717, 1.165) is 30.1 Å². The smallest absolute Gasteiger partial charge is 0.191 e. The topological polar surface area (TPSA) is 52.8 Å². The molecule has 2 heterocycles. The number of likely N-dealkylation sites (N-methyl/N-ethyl adjacent to an activating group) is 1. The van der Waals surface area contributed by atoms with E-state index in [0.29, 0.717) is 0 Å². The van der Waals surface area contributed by atoms with Crippen LogP contribution < -0.4 is 10.6 Å². The lowest BCUT2D eigenvalue weighted by atomic mass is 10.2. The van der Waals surface area contributed by atoms with Crippen LogP contribution in [0.2, 0.25) is 0 Å². The van der Waals surface area contributed by atoms with Gasteiger partial charge in [0.2, 0.25) is 0 Å². The molecule has 1 fully saturated rings. The van der Waals surface area contributed by atoms with Crippen LogP contribution in [0, 0.1) is 0 Å². The maximum atomic E-state index is 5.52. The number of furan rings is 1. The van der Waals surface area contributed by atoms with Crippen LogP contribution in [0.1, 0.15) is 24.6 Å². The summed E-state index contributed by atoms with van der Waals surface area (Å²) in [5, 5.41) is 7.53. The predicted molar refractivity (Wildman–Crippen MR) is 90.0 cm³/mol. The van der Waals surface area contributed by atoms with Crippen molar-refractivity contribution >= 4 is 17.7 Å². The van der Waals surface area contributed by atoms with Gasteiger partial charge >= 0.3 is 0 Å². The Kier molecular flexibility index (Phi) is 6.45. The first-order valence-corrected chi connectivity index (χ1v) is 8.51. The molecule has 1 aliphatic rings. The van der Waals surface area contributed by atoms with Gasteiger partial charge in [-0.3, -0.25) is 9.89 Å². The van der Waals surface area contributed by atoms with E-state index in [-0.39, 0.29) is 6.04 Å². The van der Waals surface area contributed by atoms with Crippen LogP contribution >= 0.6 is 11.8 Å². The molecule has 0 aromatic carbocycles. The van der Waals surface area contributed by atoms with E-state index in [9.17, 15) is 0 Å². The summed E-state index contributed by atoms with van der Waals surface area (Å²) in [6.45, 7) is 1.75. The zero-order chi connectivity index (χ0) is 15.1. The van der Waals surface area contributed by atoms with Gasteiger partial charge in [-0.15, -0.1) is 0 Å². The van der Waals surface area contributed by atoms with Gasteiger partial charge in [0.1, 0.15) is 5.76 Å². The maximum absolute atomic E-state index is 5.52. The van der Waals surface area contributed by atoms with E-state index < -0.39 is 0 Å². The molecule has 118 valence electrons. The Morgan fingerprint density at radius 3 is 2.95 bits per heavy atom. The van der Waals surface area contributed by atoms with Gasteiger partial charge in [-0.25, -0.2) is 0 Å². The van der Waals surface area contributed by atoms with E-state index >= 15 is 0 Å². The highest BCUT2D eigenvalue weighted by Crippen LogP contribution is 2.25. The first-order chi connectivity index (χ1) is 10.2. The fourth-order valence-corrected chi connectivity index (χ4v) is 3.65. The number of rotatable bonds is 6. The highest BCUT2D eigenvalue weighted by molar-refractivity contribution is 8.00. The van der Waals surface area contributed by atoms with Crippen LogP contribution in [0.4, 0.5) is 0 Å². The molecule has 1 aliphatic heterocycles. The molecule has 5 nitrogen and oxygen atoms in total. The second-order valence-corrected chi connectivity index (χ2v) is 6.87. The van der Waals surface area contributed by atoms with Gasteiger partial charge in [0.05, 0.1) is 12.3 Å². The fraction of sp³-hybridized carbons (Fsp3) is 0.667. The molecule has 6 heteroatoms. The molecule has 0 saturated carbocycles. The highest BCUT2D eigenvalue weighted by atomic mass is 32.2. The summed E-state index contributed by atoms with van der Waals surface area (Å²) >= 11 is 2.05. The molecule has 0 radical (unpaired) electrons. The third-order valence-electron chi connectivity index (χ3n) is 3.70. The van der Waals surface area contributed by atoms with E-state index in [2.05, 4.69) is 46.4 Å². The summed E-state index contributed by atoms with van der Waals surface area (Å²) in [6, 6.07) is 4.13. The highest BCUT2D eigenvalue weighted by Gasteiger charge is 2.18. The average Bonchev–Trinajstić information content (AvgIpc) is 3.15. The number of thioether (sulfide) groups is 1. The van der Waals surface area contributed by atoms with Crippen LogP contribution in [-0.4, -0.2) is 56.1 Å². The van der Waals surface area contributed by atoms with Crippen molar-refractivity contribution in [1.82, 2.24) is 15.5 Å². The third kappa shape index (κ3) is 4.97. The van der Waals surface area contributed by atoms with Gasteiger partial charge in [-0.1, -0.05) is 0 Å². The van der Waals surface area contributed by atoms with Gasteiger partial charge in [0.25, 0.3) is 0 Å². The molecule has 1 saturated heterocycles. The zero-order valence-corrected chi connectivity index (χ0v) is 13.9. The summed E-state index contributed by atoms with van der Waals surface area (Å²) in [6.07, 6.45) is 4.36. The van der Waals surface area contributed by atoms with Crippen molar-refractivity contribution in [3.8, 4) is 0 Å². The third-order valence-corrected chi connectivity index (χ3v) is 5.10. The lowest BCUT2D eigenvalue weighted by Gasteiger charge is -2.24. The summed E-state index contributed by atoms with van der Waals surface area (Å²) < 4.78 is 5.52. The average molecular weight is 310 g/mol. The molecule has 0 bridgehead atoms. The molecule has 0 aliphatic carbocycles. The standard InChI is InChI=1S/C15H26N4OS/c1-16-15(17-10-12-6-5-9-21-12)18-11-13(19(2)3)14-7-4-8-20-14/h4,7-8,12-13H,5-6,9-11H2,1-3H3,(H2,16,17,18). The molecule has 1 aromatic rings. The Morgan fingerprint density at radius 2 is 2.38 bits per heavy atom. The number of nitrogens with one attached hydrogen (secondary N) is 2. The van der Waals surface area contributed by atoms with Crippen LogP contribution in [0.15, 0.2) is 27.8 Å². The first-order valence-electron chi connectivity index (χ1n) is 7.46. The Bertz CT molecular complexity index is 427. The van der Waals surface area contributed by atoms with Crippen molar-refractivity contribution in [3.63, 3.8) is 0 Å². The summed E-state index contributed by atoms with van der Waals surface area (Å²) in [7, 11) is 5.93.